The first kappa shape index (κ1) is 17.6. The highest BCUT2D eigenvalue weighted by Gasteiger charge is 2.17. The molecule has 0 aromatic heterocycles. The number of nitrogens with one attached hydrogen (secondary N) is 1. The van der Waals surface area contributed by atoms with E-state index in [0.717, 1.165) is 42.8 Å². The number of carbonyl (C=O) groups is 1. The summed E-state index contributed by atoms with van der Waals surface area (Å²) in [5.74, 6) is -1.09. The van der Waals surface area contributed by atoms with Gasteiger partial charge in [0.25, 0.3) is 11.6 Å². The summed E-state index contributed by atoms with van der Waals surface area (Å²) in [7, 11) is 0. The third kappa shape index (κ3) is 5.41. The molecule has 0 heterocycles. The van der Waals surface area contributed by atoms with Crippen LogP contribution in [0.15, 0.2) is 18.2 Å². The fraction of sp³-hybridized carbons (Fsp3) is 0.500. The Bertz CT molecular complexity index is 505. The second kappa shape index (κ2) is 8.71. The molecule has 1 unspecified atom stereocenters. The van der Waals surface area contributed by atoms with Crippen molar-refractivity contribution in [1.82, 2.24) is 5.32 Å². The Kier molecular flexibility index (Phi) is 7.28. The molecule has 0 saturated heterocycles. The Labute approximate surface area is 131 Å². The van der Waals surface area contributed by atoms with E-state index in [1.165, 1.54) is 0 Å². The molecule has 1 N–H and O–H groups in total. The zero-order chi connectivity index (χ0) is 15.8. The molecule has 21 heavy (non-hydrogen) atoms. The van der Waals surface area contributed by atoms with Crippen molar-refractivity contribution in [3.63, 3.8) is 0 Å². The van der Waals surface area contributed by atoms with Crippen LogP contribution in [0, 0.1) is 21.8 Å². The molecule has 0 spiro atoms. The summed E-state index contributed by atoms with van der Waals surface area (Å²) in [6, 6.07) is 3.03. The molecule has 0 radical (unpaired) electrons. The molecule has 1 aromatic rings. The minimum absolute atomic E-state index is 0.172. The molecule has 1 rings (SSSR count). The van der Waals surface area contributed by atoms with Crippen molar-refractivity contribution in [3.05, 3.63) is 39.7 Å². The molecule has 0 aliphatic rings. The molecule has 0 aliphatic carbocycles. The number of hydrogen-bond acceptors (Lipinski definition) is 3. The number of nitrogens with zero attached hydrogens (tertiary/aromatic N) is 1. The van der Waals surface area contributed by atoms with Crippen LogP contribution in [0.2, 0.25) is 0 Å². The molecule has 0 aliphatic heterocycles. The number of alkyl halides is 1. The van der Waals surface area contributed by atoms with Crippen LogP contribution in [-0.2, 0) is 0 Å². The van der Waals surface area contributed by atoms with E-state index in [-0.39, 0.29) is 11.3 Å². The predicted molar refractivity (Wildman–Crippen MR) is 82.2 cm³/mol. The topological polar surface area (TPSA) is 72.2 Å². The number of nitro groups is 1. The lowest BCUT2D eigenvalue weighted by Gasteiger charge is -2.15. The van der Waals surface area contributed by atoms with E-state index in [4.69, 9.17) is 0 Å². The minimum Gasteiger partial charge on any atom is -0.352 e. The van der Waals surface area contributed by atoms with Gasteiger partial charge in [-0.15, -0.1) is 0 Å². The second-order valence-electron chi connectivity index (χ2n) is 4.76. The number of amides is 1. The standard InChI is InChI=1S/C14H18BrFN2O3/c1-2-3-10(6-7-15)9-17-14(19)12-5-4-11(18(20)21)8-13(12)16/h4-5,8,10H,2-3,6-7,9H2,1H3,(H,17,19). The molecule has 1 atom stereocenters. The maximum absolute atomic E-state index is 13.7. The quantitative estimate of drug-likeness (QED) is 0.436. The largest absolute Gasteiger partial charge is 0.352 e. The minimum atomic E-state index is -0.880. The number of halogens is 2. The maximum Gasteiger partial charge on any atom is 0.272 e. The van der Waals surface area contributed by atoms with Crippen molar-refractivity contribution < 1.29 is 14.1 Å². The van der Waals surface area contributed by atoms with E-state index in [9.17, 15) is 19.3 Å². The second-order valence-corrected chi connectivity index (χ2v) is 5.56. The van der Waals surface area contributed by atoms with E-state index in [1.807, 2.05) is 0 Å². The van der Waals surface area contributed by atoms with Crippen molar-refractivity contribution in [2.75, 3.05) is 11.9 Å². The molecule has 0 saturated carbocycles. The lowest BCUT2D eigenvalue weighted by Crippen LogP contribution is -2.30. The fourth-order valence-corrected chi connectivity index (χ4v) is 2.69. The third-order valence-electron chi connectivity index (χ3n) is 3.17. The molecular weight excluding hydrogens is 343 g/mol. The zero-order valence-electron chi connectivity index (χ0n) is 11.8. The van der Waals surface area contributed by atoms with Gasteiger partial charge in [-0.1, -0.05) is 29.3 Å². The van der Waals surface area contributed by atoms with E-state index in [0.29, 0.717) is 12.5 Å². The van der Waals surface area contributed by atoms with Crippen molar-refractivity contribution in [3.8, 4) is 0 Å². The smallest absolute Gasteiger partial charge is 0.272 e. The van der Waals surface area contributed by atoms with E-state index >= 15 is 0 Å². The number of non-ortho nitro benzene ring substituents is 1. The summed E-state index contributed by atoms with van der Waals surface area (Å²) in [6.07, 6.45) is 2.92. The Balaban J connectivity index is 2.69. The Morgan fingerprint density at radius 3 is 2.71 bits per heavy atom. The lowest BCUT2D eigenvalue weighted by atomic mass is 10.0. The Hall–Kier alpha value is -1.50. The van der Waals surface area contributed by atoms with Crippen molar-refractivity contribution >= 4 is 27.5 Å². The SMILES string of the molecule is CCCC(CCBr)CNC(=O)c1ccc([N+](=O)[O-])cc1F. The van der Waals surface area contributed by atoms with Crippen molar-refractivity contribution in [2.24, 2.45) is 5.92 Å². The normalized spacial score (nSPS) is 12.0. The van der Waals surface area contributed by atoms with Gasteiger partial charge in [0.15, 0.2) is 0 Å². The van der Waals surface area contributed by atoms with Gasteiger partial charge < -0.3 is 5.32 Å². The van der Waals surface area contributed by atoms with Crippen LogP contribution < -0.4 is 5.32 Å². The van der Waals surface area contributed by atoms with Crippen molar-refractivity contribution in [1.29, 1.82) is 0 Å². The fourth-order valence-electron chi connectivity index (χ4n) is 2.05. The molecular formula is C14H18BrFN2O3. The summed E-state index contributed by atoms with van der Waals surface area (Å²) in [4.78, 5) is 21.8. The summed E-state index contributed by atoms with van der Waals surface area (Å²) < 4.78 is 13.7. The number of rotatable bonds is 8. The van der Waals surface area contributed by atoms with Crippen LogP contribution in [0.25, 0.3) is 0 Å². The zero-order valence-corrected chi connectivity index (χ0v) is 13.4. The number of hydrogen-bond donors (Lipinski definition) is 1. The average Bonchev–Trinajstić information content (AvgIpc) is 2.44. The van der Waals surface area contributed by atoms with Gasteiger partial charge in [0, 0.05) is 17.9 Å². The summed E-state index contributed by atoms with van der Waals surface area (Å²) in [6.45, 7) is 2.54. The number of carbonyl (C=O) groups excluding carboxylic acids is 1. The van der Waals surface area contributed by atoms with Crippen LogP contribution in [0.4, 0.5) is 10.1 Å². The monoisotopic (exact) mass is 360 g/mol. The van der Waals surface area contributed by atoms with Gasteiger partial charge in [-0.2, -0.15) is 0 Å². The Morgan fingerprint density at radius 2 is 2.19 bits per heavy atom. The van der Waals surface area contributed by atoms with Gasteiger partial charge in [-0.3, -0.25) is 14.9 Å². The van der Waals surface area contributed by atoms with Gasteiger partial charge in [-0.05, 0) is 24.8 Å². The van der Waals surface area contributed by atoms with Crippen LogP contribution in [0.5, 0.6) is 0 Å². The molecule has 0 bridgehead atoms. The molecule has 116 valence electrons. The van der Waals surface area contributed by atoms with Crippen LogP contribution >= 0.6 is 15.9 Å². The molecule has 7 heteroatoms. The first-order valence-electron chi connectivity index (χ1n) is 6.77. The first-order chi connectivity index (χ1) is 9.99. The summed E-state index contributed by atoms with van der Waals surface area (Å²) >= 11 is 3.37. The van der Waals surface area contributed by atoms with Crippen LogP contribution in [-0.4, -0.2) is 22.7 Å². The van der Waals surface area contributed by atoms with Gasteiger partial charge in [0.1, 0.15) is 5.82 Å². The van der Waals surface area contributed by atoms with Crippen LogP contribution in [0.1, 0.15) is 36.5 Å². The van der Waals surface area contributed by atoms with Gasteiger partial charge >= 0.3 is 0 Å². The average molecular weight is 361 g/mol. The van der Waals surface area contributed by atoms with Crippen molar-refractivity contribution in [2.45, 2.75) is 26.2 Å². The molecule has 5 nitrogen and oxygen atoms in total. The molecule has 1 aromatic carbocycles. The highest BCUT2D eigenvalue weighted by molar-refractivity contribution is 9.09. The Morgan fingerprint density at radius 1 is 1.48 bits per heavy atom. The summed E-state index contributed by atoms with van der Waals surface area (Å²) in [5, 5.41) is 14.1. The number of nitro benzene ring substituents is 1. The number of benzene rings is 1. The lowest BCUT2D eigenvalue weighted by molar-refractivity contribution is -0.385. The predicted octanol–water partition coefficient (Wildman–Crippen LogP) is 3.67. The highest BCUT2D eigenvalue weighted by atomic mass is 79.9. The third-order valence-corrected chi connectivity index (χ3v) is 3.63. The van der Waals surface area contributed by atoms with Gasteiger partial charge in [-0.25, -0.2) is 4.39 Å². The maximum atomic E-state index is 13.7. The molecule has 1 amide bonds. The van der Waals surface area contributed by atoms with E-state index in [2.05, 4.69) is 28.2 Å². The highest BCUT2D eigenvalue weighted by Crippen LogP contribution is 2.17. The van der Waals surface area contributed by atoms with Gasteiger partial charge in [0.2, 0.25) is 0 Å². The van der Waals surface area contributed by atoms with Gasteiger partial charge in [0.05, 0.1) is 16.6 Å². The van der Waals surface area contributed by atoms with Crippen LogP contribution in [0.3, 0.4) is 0 Å². The van der Waals surface area contributed by atoms with E-state index < -0.39 is 16.6 Å². The first-order valence-corrected chi connectivity index (χ1v) is 7.89. The summed E-state index contributed by atoms with van der Waals surface area (Å²) in [5.41, 5.74) is -0.540. The molecule has 0 fully saturated rings. The van der Waals surface area contributed by atoms with E-state index in [1.54, 1.807) is 0 Å².